The highest BCUT2D eigenvalue weighted by Crippen LogP contribution is 2.31. The molecule has 0 atom stereocenters. The van der Waals surface area contributed by atoms with Gasteiger partial charge in [0.05, 0.1) is 31.1 Å². The lowest BCUT2D eigenvalue weighted by Gasteiger charge is -2.10. The molecule has 5 aromatic rings. The zero-order valence-electron chi connectivity index (χ0n) is 22.4. The van der Waals surface area contributed by atoms with E-state index in [1.807, 2.05) is 37.3 Å². The minimum atomic E-state index is -0.394. The number of nitro benzene ring substituents is 1. The summed E-state index contributed by atoms with van der Waals surface area (Å²) >= 11 is 0. The van der Waals surface area contributed by atoms with Crippen molar-refractivity contribution >= 4 is 35.4 Å². The van der Waals surface area contributed by atoms with Crippen molar-refractivity contribution in [2.75, 3.05) is 23.2 Å². The fourth-order valence-electron chi connectivity index (χ4n) is 3.94. The Kier molecular flexibility index (Phi) is 7.86. The smallest absolute Gasteiger partial charge is 0.272 e. The first kappa shape index (κ1) is 26.9. The molecule has 0 unspecified atom stereocenters. The van der Waals surface area contributed by atoms with Crippen molar-refractivity contribution in [1.29, 1.82) is 0 Å². The van der Waals surface area contributed by atoms with Gasteiger partial charge in [-0.1, -0.05) is 0 Å². The Morgan fingerprint density at radius 2 is 1.76 bits per heavy atom. The number of hydrogen-bond donors (Lipinski definition) is 3. The van der Waals surface area contributed by atoms with Gasteiger partial charge < -0.3 is 24.2 Å². The standard InChI is InChI=1S/C28H26N8O5/c1-17-18(2)24(36(37)38)12-11-23(17)25-13-10-22(41-25)16-30-35-28-33-26(29-15-21-5-4-14-40-21)32-27(34-28)31-19-6-8-20(39-3)9-7-19/h4-14,16H,15H2,1-3H3,(H3,29,31,32,33,34,35). The van der Waals surface area contributed by atoms with E-state index >= 15 is 0 Å². The lowest BCUT2D eigenvalue weighted by molar-refractivity contribution is -0.385. The van der Waals surface area contributed by atoms with Gasteiger partial charge in [-0.2, -0.15) is 20.1 Å². The molecule has 13 heteroatoms. The van der Waals surface area contributed by atoms with E-state index in [9.17, 15) is 10.1 Å². The maximum absolute atomic E-state index is 11.2. The summed E-state index contributed by atoms with van der Waals surface area (Å²) in [5.41, 5.74) is 5.75. The molecule has 41 heavy (non-hydrogen) atoms. The molecule has 0 saturated carbocycles. The number of benzene rings is 2. The summed E-state index contributed by atoms with van der Waals surface area (Å²) in [7, 11) is 1.60. The predicted molar refractivity (Wildman–Crippen MR) is 154 cm³/mol. The molecule has 2 aromatic carbocycles. The summed E-state index contributed by atoms with van der Waals surface area (Å²) in [5, 5.41) is 21.7. The van der Waals surface area contributed by atoms with Crippen LogP contribution in [0.5, 0.6) is 5.75 Å². The van der Waals surface area contributed by atoms with Crippen LogP contribution in [0.1, 0.15) is 22.6 Å². The van der Waals surface area contributed by atoms with Crippen molar-refractivity contribution in [2.24, 2.45) is 5.10 Å². The molecule has 0 spiro atoms. The molecule has 0 radical (unpaired) electrons. The minimum absolute atomic E-state index is 0.0695. The fraction of sp³-hybridized carbons (Fsp3) is 0.143. The van der Waals surface area contributed by atoms with Crippen LogP contribution in [-0.4, -0.2) is 33.2 Å². The Bertz CT molecular complexity index is 1680. The molecular weight excluding hydrogens is 528 g/mol. The van der Waals surface area contributed by atoms with Gasteiger partial charge in [-0.25, -0.2) is 5.43 Å². The van der Waals surface area contributed by atoms with Crippen molar-refractivity contribution in [2.45, 2.75) is 20.4 Å². The van der Waals surface area contributed by atoms with Crippen LogP contribution in [0.3, 0.4) is 0 Å². The monoisotopic (exact) mass is 554 g/mol. The second kappa shape index (κ2) is 12.0. The van der Waals surface area contributed by atoms with Gasteiger partial charge in [-0.3, -0.25) is 10.1 Å². The summed E-state index contributed by atoms with van der Waals surface area (Å²) in [6, 6.07) is 17.6. The maximum atomic E-state index is 11.2. The Balaban J connectivity index is 1.33. The SMILES string of the molecule is COc1ccc(Nc2nc(NCc3ccco3)nc(NN=Cc3ccc(-c4ccc([N+](=O)[O-])c(C)c4C)o3)n2)cc1. The van der Waals surface area contributed by atoms with Gasteiger partial charge in [-0.15, -0.1) is 0 Å². The highest BCUT2D eigenvalue weighted by Gasteiger charge is 2.17. The Morgan fingerprint density at radius 1 is 0.976 bits per heavy atom. The number of hydrazone groups is 1. The van der Waals surface area contributed by atoms with E-state index in [0.29, 0.717) is 29.6 Å². The van der Waals surface area contributed by atoms with Gasteiger partial charge >= 0.3 is 0 Å². The third-order valence-electron chi connectivity index (χ3n) is 6.19. The number of nitrogens with zero attached hydrogens (tertiary/aromatic N) is 5. The van der Waals surface area contributed by atoms with Crippen molar-refractivity contribution in [1.82, 2.24) is 15.0 Å². The van der Waals surface area contributed by atoms with E-state index in [0.717, 1.165) is 28.3 Å². The number of aromatic nitrogens is 3. The van der Waals surface area contributed by atoms with Crippen LogP contribution in [0.15, 0.2) is 80.9 Å². The van der Waals surface area contributed by atoms with Gasteiger partial charge in [0, 0.05) is 22.9 Å². The first-order valence-corrected chi connectivity index (χ1v) is 12.5. The Morgan fingerprint density at radius 3 is 2.49 bits per heavy atom. The second-order valence-electron chi connectivity index (χ2n) is 8.80. The third-order valence-corrected chi connectivity index (χ3v) is 6.19. The molecular formula is C28H26N8O5. The number of nitro groups is 1. The van der Waals surface area contributed by atoms with Crippen LogP contribution in [-0.2, 0) is 6.54 Å². The number of furan rings is 2. The molecule has 3 aromatic heterocycles. The number of anilines is 4. The van der Waals surface area contributed by atoms with Gasteiger partial charge in [0.25, 0.3) is 5.69 Å². The zero-order valence-corrected chi connectivity index (χ0v) is 22.4. The van der Waals surface area contributed by atoms with E-state index in [1.54, 1.807) is 44.6 Å². The van der Waals surface area contributed by atoms with E-state index in [-0.39, 0.29) is 17.6 Å². The van der Waals surface area contributed by atoms with Crippen LogP contribution in [0, 0.1) is 24.0 Å². The molecule has 0 aliphatic heterocycles. The lowest BCUT2D eigenvalue weighted by atomic mass is 10.00. The number of rotatable bonds is 11. The Hall–Kier alpha value is -5.72. The van der Waals surface area contributed by atoms with Crippen molar-refractivity contribution < 1.29 is 18.5 Å². The average molecular weight is 555 g/mol. The first-order valence-electron chi connectivity index (χ1n) is 12.5. The Labute approximate surface area is 234 Å². The maximum Gasteiger partial charge on any atom is 0.272 e. The van der Waals surface area contributed by atoms with E-state index in [1.165, 1.54) is 12.3 Å². The quantitative estimate of drug-likeness (QED) is 0.0986. The number of ether oxygens (including phenoxy) is 1. The molecule has 0 aliphatic carbocycles. The summed E-state index contributed by atoms with van der Waals surface area (Å²) in [6.07, 6.45) is 3.07. The van der Waals surface area contributed by atoms with E-state index in [2.05, 4.69) is 36.1 Å². The van der Waals surface area contributed by atoms with Crippen LogP contribution in [0.4, 0.5) is 29.2 Å². The van der Waals surface area contributed by atoms with Crippen LogP contribution in [0.2, 0.25) is 0 Å². The predicted octanol–water partition coefficient (Wildman–Crippen LogP) is 6.06. The van der Waals surface area contributed by atoms with Gasteiger partial charge in [0.1, 0.15) is 23.0 Å². The van der Waals surface area contributed by atoms with Crippen molar-refractivity contribution in [3.8, 4) is 17.1 Å². The molecule has 0 saturated heterocycles. The number of nitrogens with one attached hydrogen (secondary N) is 3. The van der Waals surface area contributed by atoms with E-state index < -0.39 is 4.92 Å². The number of hydrogen-bond acceptors (Lipinski definition) is 12. The van der Waals surface area contributed by atoms with Crippen LogP contribution < -0.4 is 20.8 Å². The lowest BCUT2D eigenvalue weighted by Crippen LogP contribution is -2.09. The van der Waals surface area contributed by atoms with E-state index in [4.69, 9.17) is 13.6 Å². The topological polar surface area (TPSA) is 166 Å². The molecule has 3 heterocycles. The largest absolute Gasteiger partial charge is 0.497 e. The third kappa shape index (κ3) is 6.47. The van der Waals surface area contributed by atoms with Gasteiger partial charge in [-0.05, 0) is 74.0 Å². The first-order chi connectivity index (χ1) is 19.9. The average Bonchev–Trinajstić information content (AvgIpc) is 3.66. The molecule has 13 nitrogen and oxygen atoms in total. The molecule has 0 aliphatic rings. The summed E-state index contributed by atoms with van der Waals surface area (Å²) in [6.45, 7) is 3.92. The molecule has 0 bridgehead atoms. The van der Waals surface area contributed by atoms with Crippen molar-refractivity contribution in [3.63, 3.8) is 0 Å². The summed E-state index contributed by atoms with van der Waals surface area (Å²) < 4.78 is 16.5. The molecule has 0 fully saturated rings. The van der Waals surface area contributed by atoms with Gasteiger partial charge in [0.15, 0.2) is 0 Å². The normalized spacial score (nSPS) is 11.0. The minimum Gasteiger partial charge on any atom is -0.497 e. The second-order valence-corrected chi connectivity index (χ2v) is 8.80. The highest BCUT2D eigenvalue weighted by molar-refractivity contribution is 5.78. The van der Waals surface area contributed by atoms with Crippen molar-refractivity contribution in [3.05, 3.63) is 99.7 Å². The molecule has 208 valence electrons. The van der Waals surface area contributed by atoms with Gasteiger partial charge in [0.2, 0.25) is 17.8 Å². The zero-order chi connectivity index (χ0) is 28.8. The summed E-state index contributed by atoms with van der Waals surface area (Å²) in [5.74, 6) is 3.24. The van der Waals surface area contributed by atoms with Crippen LogP contribution in [0.25, 0.3) is 11.3 Å². The fourth-order valence-corrected chi connectivity index (χ4v) is 3.94. The number of methoxy groups -OCH3 is 1. The highest BCUT2D eigenvalue weighted by atomic mass is 16.6. The summed E-state index contributed by atoms with van der Waals surface area (Å²) in [4.78, 5) is 24.1. The van der Waals surface area contributed by atoms with Crippen LogP contribution >= 0.6 is 0 Å². The molecule has 0 amide bonds. The molecule has 5 rings (SSSR count). The molecule has 3 N–H and O–H groups in total.